The monoisotopic (exact) mass is 259 g/mol. The molecule has 0 aliphatic heterocycles. The number of hydrogen-bond acceptors (Lipinski definition) is 3. The molecule has 19 heavy (non-hydrogen) atoms. The minimum Gasteiger partial charge on any atom is -0.306 e. The molecule has 0 aliphatic carbocycles. The van der Waals surface area contributed by atoms with Gasteiger partial charge < -0.3 is 5.32 Å². The van der Waals surface area contributed by atoms with Gasteiger partial charge in [0.2, 0.25) is 5.91 Å². The number of nitrogens with zero attached hydrogens (tertiary/aromatic N) is 3. The van der Waals surface area contributed by atoms with E-state index < -0.39 is 0 Å². The van der Waals surface area contributed by atoms with E-state index in [0.717, 1.165) is 11.3 Å². The molecule has 0 radical (unpaired) electrons. The first-order chi connectivity index (χ1) is 9.04. The molecule has 0 bridgehead atoms. The zero-order valence-corrected chi connectivity index (χ0v) is 11.2. The lowest BCUT2D eigenvalue weighted by molar-refractivity contribution is -0.111. The summed E-state index contributed by atoms with van der Waals surface area (Å²) in [6, 6.07) is 1.83. The predicted octanol–water partition coefficient (Wildman–Crippen LogP) is 1.92. The fourth-order valence-corrected chi connectivity index (χ4v) is 1.56. The molecule has 0 saturated carbocycles. The Morgan fingerprint density at radius 2 is 2.32 bits per heavy atom. The fraction of sp³-hybridized carbons (Fsp3) is 0.308. The van der Waals surface area contributed by atoms with E-state index in [0.29, 0.717) is 11.7 Å². The second-order valence-electron chi connectivity index (χ2n) is 4.63. The summed E-state index contributed by atoms with van der Waals surface area (Å²) in [6.45, 7) is 4.11. The van der Waals surface area contributed by atoms with Gasteiger partial charge in [0.15, 0.2) is 5.82 Å². The number of rotatable bonds is 4. The number of aromatic nitrogens is 4. The lowest BCUT2D eigenvalue weighted by atomic mass is 10.1. The Hall–Kier alpha value is -2.37. The van der Waals surface area contributed by atoms with Crippen LogP contribution in [0.15, 0.2) is 24.5 Å². The Morgan fingerprint density at radius 3 is 2.89 bits per heavy atom. The fourth-order valence-electron chi connectivity index (χ4n) is 1.56. The van der Waals surface area contributed by atoms with Crippen molar-refractivity contribution in [3.05, 3.63) is 35.8 Å². The highest BCUT2D eigenvalue weighted by Crippen LogP contribution is 2.14. The number of carbonyl (C=O) groups is 1. The smallest absolute Gasteiger partial charge is 0.249 e. The quantitative estimate of drug-likeness (QED) is 0.824. The molecule has 0 unspecified atom stereocenters. The molecule has 1 amide bonds. The van der Waals surface area contributed by atoms with E-state index in [1.807, 2.05) is 19.3 Å². The highest BCUT2D eigenvalue weighted by Gasteiger charge is 2.06. The SMILES string of the molecule is CC(C)c1cc(NC(=O)/C=C/c2cnn(C)c2)n[nH]1. The van der Waals surface area contributed by atoms with Gasteiger partial charge in [-0.25, -0.2) is 0 Å². The third-order valence-corrected chi connectivity index (χ3v) is 2.62. The number of aromatic amines is 1. The molecule has 2 aromatic rings. The maximum Gasteiger partial charge on any atom is 0.249 e. The van der Waals surface area contributed by atoms with Crippen molar-refractivity contribution in [2.45, 2.75) is 19.8 Å². The highest BCUT2D eigenvalue weighted by atomic mass is 16.1. The molecule has 100 valence electrons. The van der Waals surface area contributed by atoms with Gasteiger partial charge in [0.1, 0.15) is 0 Å². The molecule has 2 rings (SSSR count). The topological polar surface area (TPSA) is 75.6 Å². The Balaban J connectivity index is 1.95. The first-order valence-electron chi connectivity index (χ1n) is 6.07. The lowest BCUT2D eigenvalue weighted by Crippen LogP contribution is -2.07. The van der Waals surface area contributed by atoms with Crippen molar-refractivity contribution in [1.29, 1.82) is 0 Å². The van der Waals surface area contributed by atoms with Gasteiger partial charge in [-0.1, -0.05) is 13.8 Å². The minimum absolute atomic E-state index is 0.217. The molecule has 6 heteroatoms. The zero-order valence-electron chi connectivity index (χ0n) is 11.2. The van der Waals surface area contributed by atoms with Crippen LogP contribution in [0.1, 0.15) is 31.0 Å². The summed E-state index contributed by atoms with van der Waals surface area (Å²) in [7, 11) is 1.83. The Bertz CT molecular complexity index is 594. The molecule has 0 saturated heterocycles. The van der Waals surface area contributed by atoms with Gasteiger partial charge in [0.05, 0.1) is 6.20 Å². The first kappa shape index (κ1) is 13.1. The maximum absolute atomic E-state index is 11.7. The van der Waals surface area contributed by atoms with E-state index >= 15 is 0 Å². The summed E-state index contributed by atoms with van der Waals surface area (Å²) in [5, 5.41) is 13.6. The molecule has 0 aliphatic rings. The minimum atomic E-state index is -0.217. The van der Waals surface area contributed by atoms with Gasteiger partial charge in [0, 0.05) is 36.6 Å². The molecule has 0 atom stereocenters. The average Bonchev–Trinajstić information content (AvgIpc) is 2.96. The van der Waals surface area contributed by atoms with Crippen LogP contribution >= 0.6 is 0 Å². The van der Waals surface area contributed by atoms with Gasteiger partial charge in [-0.05, 0) is 12.0 Å². The number of hydrogen-bond donors (Lipinski definition) is 2. The number of H-pyrrole nitrogens is 1. The van der Waals surface area contributed by atoms with Crippen molar-refractivity contribution in [1.82, 2.24) is 20.0 Å². The normalized spacial score (nSPS) is 11.4. The predicted molar refractivity (Wildman–Crippen MR) is 73.5 cm³/mol. The molecule has 0 aromatic carbocycles. The molecular weight excluding hydrogens is 242 g/mol. The van der Waals surface area contributed by atoms with Crippen molar-refractivity contribution in [2.24, 2.45) is 7.05 Å². The van der Waals surface area contributed by atoms with Gasteiger partial charge in [-0.2, -0.15) is 10.2 Å². The van der Waals surface area contributed by atoms with Crippen molar-refractivity contribution in [3.63, 3.8) is 0 Å². The van der Waals surface area contributed by atoms with E-state index in [9.17, 15) is 4.79 Å². The highest BCUT2D eigenvalue weighted by molar-refractivity contribution is 6.01. The second-order valence-corrected chi connectivity index (χ2v) is 4.63. The van der Waals surface area contributed by atoms with Crippen molar-refractivity contribution in [2.75, 3.05) is 5.32 Å². The second kappa shape index (κ2) is 5.51. The summed E-state index contributed by atoms with van der Waals surface area (Å²) >= 11 is 0. The van der Waals surface area contributed by atoms with Crippen LogP contribution in [-0.2, 0) is 11.8 Å². The van der Waals surface area contributed by atoms with Crippen LogP contribution < -0.4 is 5.32 Å². The van der Waals surface area contributed by atoms with Crippen LogP contribution in [0.5, 0.6) is 0 Å². The standard InChI is InChI=1S/C13H17N5O/c1-9(2)11-6-12(17-16-11)15-13(19)5-4-10-7-14-18(3)8-10/h4-9H,1-3H3,(H2,15,16,17,19)/b5-4+. The molecule has 2 aromatic heterocycles. The van der Waals surface area contributed by atoms with Crippen molar-refractivity contribution in [3.8, 4) is 0 Å². The van der Waals surface area contributed by atoms with E-state index in [2.05, 4.69) is 34.5 Å². The molecular formula is C13H17N5O. The number of aryl methyl sites for hydroxylation is 1. The summed E-state index contributed by atoms with van der Waals surface area (Å²) < 4.78 is 1.68. The maximum atomic E-state index is 11.7. The van der Waals surface area contributed by atoms with Crippen LogP contribution in [0.2, 0.25) is 0 Å². The average molecular weight is 259 g/mol. The van der Waals surface area contributed by atoms with Gasteiger partial charge in [0.25, 0.3) is 0 Å². The Kier molecular flexibility index (Phi) is 3.79. The van der Waals surface area contributed by atoms with Gasteiger partial charge in [-0.15, -0.1) is 0 Å². The summed E-state index contributed by atoms with van der Waals surface area (Å²) in [6.07, 6.45) is 6.68. The zero-order chi connectivity index (χ0) is 13.8. The van der Waals surface area contributed by atoms with Crippen LogP contribution in [0.25, 0.3) is 6.08 Å². The molecule has 0 spiro atoms. The number of anilines is 1. The van der Waals surface area contributed by atoms with Crippen molar-refractivity contribution >= 4 is 17.8 Å². The van der Waals surface area contributed by atoms with E-state index in [1.165, 1.54) is 6.08 Å². The molecule has 2 heterocycles. The summed E-state index contributed by atoms with van der Waals surface area (Å²) in [4.78, 5) is 11.7. The molecule has 0 fully saturated rings. The van der Waals surface area contributed by atoms with Crippen LogP contribution in [0, 0.1) is 0 Å². The third-order valence-electron chi connectivity index (χ3n) is 2.62. The third kappa shape index (κ3) is 3.54. The lowest BCUT2D eigenvalue weighted by Gasteiger charge is -1.97. The first-order valence-corrected chi connectivity index (χ1v) is 6.07. The molecule has 2 N–H and O–H groups in total. The largest absolute Gasteiger partial charge is 0.306 e. The van der Waals surface area contributed by atoms with E-state index in [4.69, 9.17) is 0 Å². The van der Waals surface area contributed by atoms with E-state index in [-0.39, 0.29) is 5.91 Å². The number of amides is 1. The van der Waals surface area contributed by atoms with Crippen LogP contribution in [0.3, 0.4) is 0 Å². The van der Waals surface area contributed by atoms with E-state index in [1.54, 1.807) is 17.0 Å². The molecule has 6 nitrogen and oxygen atoms in total. The summed E-state index contributed by atoms with van der Waals surface area (Å²) in [5.41, 5.74) is 1.87. The summed E-state index contributed by atoms with van der Waals surface area (Å²) in [5.74, 6) is 0.666. The van der Waals surface area contributed by atoms with Crippen LogP contribution in [0.4, 0.5) is 5.82 Å². The van der Waals surface area contributed by atoms with Crippen LogP contribution in [-0.4, -0.2) is 25.9 Å². The van der Waals surface area contributed by atoms with Gasteiger partial charge in [-0.3, -0.25) is 14.6 Å². The number of carbonyl (C=O) groups excluding carboxylic acids is 1. The Labute approximate surface area is 111 Å². The van der Waals surface area contributed by atoms with Gasteiger partial charge >= 0.3 is 0 Å². The Morgan fingerprint density at radius 1 is 1.53 bits per heavy atom. The number of nitrogens with one attached hydrogen (secondary N) is 2. The van der Waals surface area contributed by atoms with Crippen molar-refractivity contribution < 1.29 is 4.79 Å².